The number of carboxylic acids is 2. The average Bonchev–Trinajstić information content (AvgIpc) is 3.22. The fourth-order valence-electron chi connectivity index (χ4n) is 5.57. The lowest BCUT2D eigenvalue weighted by atomic mass is 10.0. The van der Waals surface area contributed by atoms with Crippen LogP contribution in [0, 0.1) is 0 Å². The predicted octanol–water partition coefficient (Wildman–Crippen LogP) is 4.25. The van der Waals surface area contributed by atoms with Crippen LogP contribution in [0.3, 0.4) is 0 Å². The molecule has 0 atom stereocenters. The number of hydrogen-bond donors (Lipinski definition) is 5. The lowest BCUT2D eigenvalue weighted by molar-refractivity contribution is -0.143. The van der Waals surface area contributed by atoms with Crippen molar-refractivity contribution in [2.24, 2.45) is 0 Å². The summed E-state index contributed by atoms with van der Waals surface area (Å²) in [7, 11) is -3.95. The van der Waals surface area contributed by atoms with E-state index >= 15 is 0 Å². The van der Waals surface area contributed by atoms with Gasteiger partial charge in [0.15, 0.2) is 0 Å². The van der Waals surface area contributed by atoms with Gasteiger partial charge < -0.3 is 44.5 Å². The SMILES string of the molecule is O=C(O)CCCCCCCCCc1ccc(CCOc2ccc(S(=O)(=O)Nc3ccc(C(=O)NCCOCCOCC(=O)NCCOCCOCC(=O)O)cn3)cc2)cc1. The van der Waals surface area contributed by atoms with Gasteiger partial charge in [-0.05, 0) is 66.8 Å². The van der Waals surface area contributed by atoms with Crippen LogP contribution in [-0.4, -0.2) is 120 Å². The number of aromatic nitrogens is 1. The number of rotatable bonds is 34. The quantitative estimate of drug-likeness (QED) is 0.0528. The van der Waals surface area contributed by atoms with E-state index in [0.29, 0.717) is 18.8 Å². The Bertz CT molecular complexity index is 1810. The van der Waals surface area contributed by atoms with E-state index in [1.54, 1.807) is 12.1 Å². The molecule has 17 nitrogen and oxygen atoms in total. The molecule has 3 aromatic rings. The molecule has 0 saturated heterocycles. The Morgan fingerprint density at radius 2 is 1.17 bits per heavy atom. The van der Waals surface area contributed by atoms with E-state index in [4.69, 9.17) is 33.9 Å². The highest BCUT2D eigenvalue weighted by molar-refractivity contribution is 7.92. The average molecular weight is 859 g/mol. The third-order valence-electron chi connectivity index (χ3n) is 8.74. The highest BCUT2D eigenvalue weighted by Gasteiger charge is 2.16. The van der Waals surface area contributed by atoms with Crippen molar-refractivity contribution in [1.82, 2.24) is 15.6 Å². The van der Waals surface area contributed by atoms with Crippen LogP contribution in [0.5, 0.6) is 5.75 Å². The van der Waals surface area contributed by atoms with Crippen molar-refractivity contribution in [2.45, 2.75) is 69.1 Å². The second-order valence-corrected chi connectivity index (χ2v) is 15.3. The maximum absolute atomic E-state index is 13.0. The standard InChI is InChI=1S/C42H58N4O13S/c47-39(43-21-24-55-27-29-58-32-41(50)51)31-57-28-26-56-25-22-44-42(52)35-14-19-38(45-30-35)46-60(53,54)37-17-15-36(16-18-37)59-23-20-34-12-10-33(11-13-34)8-6-4-2-1-3-5-7-9-40(48)49/h10-19,30H,1-9,20-29,31-32H2,(H,43,47)(H,44,52)(H,45,46)(H,48,49)(H,50,51). The van der Waals surface area contributed by atoms with Gasteiger partial charge >= 0.3 is 11.9 Å². The molecule has 60 heavy (non-hydrogen) atoms. The van der Waals surface area contributed by atoms with Gasteiger partial charge in [-0.25, -0.2) is 18.2 Å². The van der Waals surface area contributed by atoms with Crippen molar-refractivity contribution in [1.29, 1.82) is 0 Å². The Balaban J connectivity index is 1.23. The Labute approximate surface area is 351 Å². The summed E-state index contributed by atoms with van der Waals surface area (Å²) in [5.41, 5.74) is 2.67. The number of benzene rings is 2. The number of aliphatic carboxylic acids is 2. The van der Waals surface area contributed by atoms with E-state index in [1.165, 1.54) is 48.9 Å². The first-order chi connectivity index (χ1) is 29.0. The van der Waals surface area contributed by atoms with Gasteiger partial charge in [0.1, 0.15) is 24.8 Å². The Morgan fingerprint density at radius 3 is 1.78 bits per heavy atom. The molecule has 1 aromatic heterocycles. The van der Waals surface area contributed by atoms with Gasteiger partial charge in [0, 0.05) is 32.1 Å². The van der Waals surface area contributed by atoms with Crippen LogP contribution in [0.4, 0.5) is 5.82 Å². The number of nitrogens with zero attached hydrogens (tertiary/aromatic N) is 1. The van der Waals surface area contributed by atoms with Crippen molar-refractivity contribution in [3.05, 3.63) is 83.6 Å². The largest absolute Gasteiger partial charge is 0.493 e. The zero-order valence-corrected chi connectivity index (χ0v) is 34.8. The molecule has 2 aromatic carbocycles. The molecule has 18 heteroatoms. The summed E-state index contributed by atoms with van der Waals surface area (Å²) in [6, 6.07) is 17.4. The smallest absolute Gasteiger partial charge is 0.329 e. The first-order valence-corrected chi connectivity index (χ1v) is 21.6. The molecule has 0 aliphatic rings. The summed E-state index contributed by atoms with van der Waals surface area (Å²) in [4.78, 5) is 49.3. The minimum atomic E-state index is -3.95. The highest BCUT2D eigenvalue weighted by atomic mass is 32.2. The molecule has 0 radical (unpaired) electrons. The van der Waals surface area contributed by atoms with E-state index in [9.17, 15) is 27.6 Å². The van der Waals surface area contributed by atoms with Gasteiger partial charge in [-0.15, -0.1) is 0 Å². The molecule has 0 fully saturated rings. The number of ether oxygens (including phenoxy) is 5. The monoisotopic (exact) mass is 858 g/mol. The van der Waals surface area contributed by atoms with Crippen LogP contribution in [0.1, 0.15) is 72.9 Å². The number of nitrogens with one attached hydrogen (secondary N) is 3. The van der Waals surface area contributed by atoms with Crippen LogP contribution in [-0.2, 0) is 56.2 Å². The van der Waals surface area contributed by atoms with Gasteiger partial charge in [0.25, 0.3) is 15.9 Å². The third kappa shape index (κ3) is 22.3. The zero-order chi connectivity index (χ0) is 43.3. The lowest BCUT2D eigenvalue weighted by Gasteiger charge is -2.10. The van der Waals surface area contributed by atoms with E-state index in [-0.39, 0.29) is 87.9 Å². The molecule has 2 amide bonds. The maximum atomic E-state index is 13.0. The molecule has 3 rings (SSSR count). The van der Waals surface area contributed by atoms with Gasteiger partial charge in [0.2, 0.25) is 5.91 Å². The van der Waals surface area contributed by atoms with Crippen molar-refractivity contribution in [2.75, 3.05) is 77.3 Å². The first-order valence-electron chi connectivity index (χ1n) is 20.1. The van der Waals surface area contributed by atoms with Crippen LogP contribution in [0.2, 0.25) is 0 Å². The summed E-state index contributed by atoms with van der Waals surface area (Å²) in [5.74, 6) is -1.93. The van der Waals surface area contributed by atoms with Crippen molar-refractivity contribution in [3.63, 3.8) is 0 Å². The molecular formula is C42H58N4O13S. The molecule has 0 aliphatic carbocycles. The van der Waals surface area contributed by atoms with Gasteiger partial charge in [-0.3, -0.25) is 19.1 Å². The van der Waals surface area contributed by atoms with Crippen molar-refractivity contribution < 1.29 is 61.5 Å². The maximum Gasteiger partial charge on any atom is 0.329 e. The molecule has 5 N–H and O–H groups in total. The van der Waals surface area contributed by atoms with E-state index in [2.05, 4.69) is 44.6 Å². The van der Waals surface area contributed by atoms with Gasteiger partial charge in [-0.1, -0.05) is 56.4 Å². The second-order valence-electron chi connectivity index (χ2n) is 13.6. The lowest BCUT2D eigenvalue weighted by Crippen LogP contribution is -2.31. The number of hydrogen-bond acceptors (Lipinski definition) is 12. The van der Waals surface area contributed by atoms with Gasteiger partial charge in [0.05, 0.1) is 56.7 Å². The number of carboxylic acid groups (broad SMARTS) is 2. The Morgan fingerprint density at radius 1 is 0.583 bits per heavy atom. The fourth-order valence-corrected chi connectivity index (χ4v) is 6.57. The Hall–Kier alpha value is -5.14. The van der Waals surface area contributed by atoms with Crippen LogP contribution >= 0.6 is 0 Å². The molecule has 330 valence electrons. The van der Waals surface area contributed by atoms with Crippen molar-refractivity contribution in [3.8, 4) is 5.75 Å². The molecule has 1 heterocycles. The third-order valence-corrected chi connectivity index (χ3v) is 10.1. The molecule has 0 saturated carbocycles. The number of carbonyl (C=O) groups is 4. The van der Waals surface area contributed by atoms with Gasteiger partial charge in [-0.2, -0.15) is 0 Å². The number of unbranched alkanes of at least 4 members (excludes halogenated alkanes) is 6. The Kier molecular flexibility index (Phi) is 23.9. The van der Waals surface area contributed by atoms with Crippen LogP contribution in [0.25, 0.3) is 0 Å². The minimum Gasteiger partial charge on any atom is -0.493 e. The summed E-state index contributed by atoms with van der Waals surface area (Å²) in [6.07, 6.45) is 10.7. The summed E-state index contributed by atoms with van der Waals surface area (Å²) < 4.78 is 54.9. The zero-order valence-electron chi connectivity index (χ0n) is 33.9. The molecule has 0 spiro atoms. The fraction of sp³-hybridized carbons (Fsp3) is 0.500. The molecule has 0 bridgehead atoms. The minimum absolute atomic E-state index is 0.0273. The number of amides is 2. The first kappa shape index (κ1) is 49.2. The number of aryl methyl sites for hydroxylation is 1. The van der Waals surface area contributed by atoms with E-state index in [1.807, 2.05) is 0 Å². The summed E-state index contributed by atoms with van der Waals surface area (Å²) in [5, 5.41) is 22.5. The summed E-state index contributed by atoms with van der Waals surface area (Å²) >= 11 is 0. The number of carbonyl (C=O) groups excluding carboxylic acids is 2. The van der Waals surface area contributed by atoms with Crippen LogP contribution < -0.4 is 20.1 Å². The number of pyridine rings is 1. The second kappa shape index (κ2) is 29.1. The van der Waals surface area contributed by atoms with E-state index < -0.39 is 34.5 Å². The molecule has 0 aliphatic heterocycles. The van der Waals surface area contributed by atoms with E-state index in [0.717, 1.165) is 44.1 Å². The normalized spacial score (nSPS) is 11.2. The number of sulfonamides is 1. The van der Waals surface area contributed by atoms with Crippen LogP contribution in [0.15, 0.2) is 71.8 Å². The van der Waals surface area contributed by atoms with Crippen molar-refractivity contribution >= 4 is 39.6 Å². The predicted molar refractivity (Wildman–Crippen MR) is 222 cm³/mol. The number of anilines is 1. The topological polar surface area (TPSA) is 238 Å². The highest BCUT2D eigenvalue weighted by Crippen LogP contribution is 2.19. The molecule has 0 unspecified atom stereocenters. The molecular weight excluding hydrogens is 801 g/mol. The summed E-state index contributed by atoms with van der Waals surface area (Å²) in [6.45, 7) is 1.50.